The second-order valence-electron chi connectivity index (χ2n) is 3.50. The average Bonchev–Trinajstić information content (AvgIpc) is 2.27. The van der Waals surface area contributed by atoms with Gasteiger partial charge in [0.1, 0.15) is 5.58 Å². The highest BCUT2D eigenvalue weighted by Crippen LogP contribution is 2.31. The van der Waals surface area contributed by atoms with E-state index in [1.807, 2.05) is 6.92 Å². The van der Waals surface area contributed by atoms with Crippen molar-refractivity contribution in [2.24, 2.45) is 0 Å². The van der Waals surface area contributed by atoms with Gasteiger partial charge in [-0.05, 0) is 34.0 Å². The van der Waals surface area contributed by atoms with Gasteiger partial charge in [-0.15, -0.1) is 0 Å². The molecule has 6 heteroatoms. The molecule has 5 nitrogen and oxygen atoms in total. The molecule has 1 aromatic heterocycles. The summed E-state index contributed by atoms with van der Waals surface area (Å²) >= 11 is 3.14. The van der Waals surface area contributed by atoms with E-state index in [9.17, 15) is 14.9 Å². The maximum Gasteiger partial charge on any atom is 0.336 e. The molecule has 0 bridgehead atoms. The molecule has 0 fully saturated rings. The van der Waals surface area contributed by atoms with Crippen LogP contribution in [-0.2, 0) is 6.42 Å². The molecule has 0 atom stereocenters. The molecule has 0 spiro atoms. The van der Waals surface area contributed by atoms with Crippen molar-refractivity contribution in [3.05, 3.63) is 48.8 Å². The monoisotopic (exact) mass is 297 g/mol. The number of hydrogen-bond donors (Lipinski definition) is 0. The molecule has 1 heterocycles. The number of aryl methyl sites for hydroxylation is 1. The maximum atomic E-state index is 11.3. The second kappa shape index (κ2) is 4.29. The fourth-order valence-electron chi connectivity index (χ4n) is 1.67. The van der Waals surface area contributed by atoms with Crippen molar-refractivity contribution in [1.29, 1.82) is 0 Å². The lowest BCUT2D eigenvalue weighted by molar-refractivity contribution is -0.385. The Bertz CT molecular complexity index is 662. The van der Waals surface area contributed by atoms with E-state index in [4.69, 9.17) is 4.42 Å². The summed E-state index contributed by atoms with van der Waals surface area (Å²) in [6.07, 6.45) is 0.659. The van der Waals surface area contributed by atoms with E-state index in [-0.39, 0.29) is 11.3 Å². The molecule has 2 aromatic rings. The van der Waals surface area contributed by atoms with Crippen LogP contribution in [0.15, 0.2) is 31.9 Å². The summed E-state index contributed by atoms with van der Waals surface area (Å²) in [5.74, 6) is 0. The Kier molecular flexibility index (Phi) is 2.97. The summed E-state index contributed by atoms with van der Waals surface area (Å²) in [4.78, 5) is 21.5. The van der Waals surface area contributed by atoms with E-state index in [1.165, 1.54) is 12.1 Å². The normalized spacial score (nSPS) is 10.7. The first-order valence-electron chi connectivity index (χ1n) is 4.93. The molecule has 0 N–H and O–H groups in total. The van der Waals surface area contributed by atoms with Gasteiger partial charge in [0.2, 0.25) is 0 Å². The summed E-state index contributed by atoms with van der Waals surface area (Å²) in [6.45, 7) is 1.91. The van der Waals surface area contributed by atoms with Crippen LogP contribution in [0.1, 0.15) is 12.5 Å². The summed E-state index contributed by atoms with van der Waals surface area (Å²) in [6, 6.07) is 4.27. The third-order valence-corrected chi connectivity index (χ3v) is 3.11. The van der Waals surface area contributed by atoms with Crippen LogP contribution in [0.3, 0.4) is 0 Å². The van der Waals surface area contributed by atoms with Crippen molar-refractivity contribution in [1.82, 2.24) is 0 Å². The van der Waals surface area contributed by atoms with E-state index in [2.05, 4.69) is 15.9 Å². The zero-order valence-corrected chi connectivity index (χ0v) is 10.5. The summed E-state index contributed by atoms with van der Waals surface area (Å²) < 4.78 is 5.34. The number of benzene rings is 1. The summed E-state index contributed by atoms with van der Waals surface area (Å²) in [5.41, 5.74) is 0.441. The first kappa shape index (κ1) is 11.8. The minimum absolute atomic E-state index is 0.117. The van der Waals surface area contributed by atoms with E-state index in [0.717, 1.165) is 5.56 Å². The van der Waals surface area contributed by atoms with Crippen LogP contribution >= 0.6 is 15.9 Å². The van der Waals surface area contributed by atoms with Gasteiger partial charge < -0.3 is 4.42 Å². The minimum atomic E-state index is -0.526. The number of nitro groups is 1. The fourth-order valence-corrected chi connectivity index (χ4v) is 2.16. The van der Waals surface area contributed by atoms with Crippen LogP contribution in [-0.4, -0.2) is 4.92 Å². The van der Waals surface area contributed by atoms with Crippen molar-refractivity contribution in [3.63, 3.8) is 0 Å². The molecule has 0 radical (unpaired) electrons. The Balaban J connectivity index is 2.87. The molecule has 2 rings (SSSR count). The van der Waals surface area contributed by atoms with Crippen molar-refractivity contribution in [2.75, 3.05) is 0 Å². The molecule has 0 saturated heterocycles. The number of nitrogens with zero attached hydrogens (tertiary/aromatic N) is 1. The van der Waals surface area contributed by atoms with Gasteiger partial charge in [-0.3, -0.25) is 10.1 Å². The van der Waals surface area contributed by atoms with Crippen molar-refractivity contribution < 1.29 is 9.34 Å². The first-order valence-corrected chi connectivity index (χ1v) is 5.73. The topological polar surface area (TPSA) is 73.3 Å². The van der Waals surface area contributed by atoms with Crippen molar-refractivity contribution >= 4 is 32.6 Å². The molecular formula is C11H8BrNO4. The third-order valence-electron chi connectivity index (χ3n) is 2.48. The Hall–Kier alpha value is -1.69. The van der Waals surface area contributed by atoms with Gasteiger partial charge in [0, 0.05) is 11.5 Å². The van der Waals surface area contributed by atoms with Crippen LogP contribution in [0.25, 0.3) is 11.0 Å². The van der Waals surface area contributed by atoms with Gasteiger partial charge in [0.15, 0.2) is 0 Å². The highest BCUT2D eigenvalue weighted by molar-refractivity contribution is 9.10. The molecule has 0 unspecified atom stereocenters. The predicted octanol–water partition coefficient (Wildman–Crippen LogP) is 3.03. The van der Waals surface area contributed by atoms with Gasteiger partial charge in [0.25, 0.3) is 5.69 Å². The van der Waals surface area contributed by atoms with E-state index >= 15 is 0 Å². The third kappa shape index (κ3) is 2.08. The molecule has 0 saturated carbocycles. The lowest BCUT2D eigenvalue weighted by atomic mass is 10.1. The number of nitro benzene ring substituents is 1. The quantitative estimate of drug-likeness (QED) is 0.485. The van der Waals surface area contributed by atoms with E-state index in [1.54, 1.807) is 6.07 Å². The highest BCUT2D eigenvalue weighted by Gasteiger charge is 2.16. The molecule has 0 aliphatic carbocycles. The first-order chi connectivity index (χ1) is 8.02. The van der Waals surface area contributed by atoms with Gasteiger partial charge in [-0.25, -0.2) is 4.79 Å². The fraction of sp³-hybridized carbons (Fsp3) is 0.182. The molecule has 0 amide bonds. The summed E-state index contributed by atoms with van der Waals surface area (Å²) in [7, 11) is 0. The highest BCUT2D eigenvalue weighted by atomic mass is 79.9. The Morgan fingerprint density at radius 3 is 2.71 bits per heavy atom. The van der Waals surface area contributed by atoms with Gasteiger partial charge in [-0.2, -0.15) is 0 Å². The zero-order chi connectivity index (χ0) is 12.6. The largest absolute Gasteiger partial charge is 0.422 e. The Labute approximate surface area is 104 Å². The van der Waals surface area contributed by atoms with Gasteiger partial charge in [-0.1, -0.05) is 6.92 Å². The standard InChI is InChI=1S/C11H8BrNO4/c1-2-6-3-11(14)17-10-5-9(13(15)16)8(12)4-7(6)10/h3-5H,2H2,1H3. The average molecular weight is 298 g/mol. The molecule has 0 aliphatic heterocycles. The van der Waals surface area contributed by atoms with Crippen LogP contribution < -0.4 is 5.63 Å². The molecule has 88 valence electrons. The summed E-state index contributed by atoms with van der Waals surface area (Å²) in [5, 5.41) is 11.5. The van der Waals surface area contributed by atoms with Crippen LogP contribution in [0, 0.1) is 10.1 Å². The van der Waals surface area contributed by atoms with Gasteiger partial charge in [0.05, 0.1) is 15.5 Å². The molecule has 0 aliphatic rings. The molecular weight excluding hydrogens is 290 g/mol. The van der Waals surface area contributed by atoms with Crippen LogP contribution in [0.5, 0.6) is 0 Å². The number of halogens is 1. The molecule has 1 aromatic carbocycles. The number of hydrogen-bond acceptors (Lipinski definition) is 4. The Morgan fingerprint density at radius 2 is 2.12 bits per heavy atom. The van der Waals surface area contributed by atoms with Crippen LogP contribution in [0.2, 0.25) is 0 Å². The smallest absolute Gasteiger partial charge is 0.336 e. The molecule has 17 heavy (non-hydrogen) atoms. The maximum absolute atomic E-state index is 11.3. The number of fused-ring (bicyclic) bond motifs is 1. The van der Waals surface area contributed by atoms with E-state index < -0.39 is 10.5 Å². The lowest BCUT2D eigenvalue weighted by Gasteiger charge is -2.03. The minimum Gasteiger partial charge on any atom is -0.422 e. The Morgan fingerprint density at radius 1 is 1.41 bits per heavy atom. The number of rotatable bonds is 2. The SMILES string of the molecule is CCc1cc(=O)oc2cc([N+](=O)[O-])c(Br)cc12. The van der Waals surface area contributed by atoms with E-state index in [0.29, 0.717) is 16.3 Å². The predicted molar refractivity (Wildman–Crippen MR) is 66.2 cm³/mol. The van der Waals surface area contributed by atoms with Crippen molar-refractivity contribution in [3.8, 4) is 0 Å². The zero-order valence-electron chi connectivity index (χ0n) is 8.90. The van der Waals surface area contributed by atoms with Crippen molar-refractivity contribution in [2.45, 2.75) is 13.3 Å². The van der Waals surface area contributed by atoms with Crippen LogP contribution in [0.4, 0.5) is 5.69 Å². The lowest BCUT2D eigenvalue weighted by Crippen LogP contribution is -2.00. The van der Waals surface area contributed by atoms with Gasteiger partial charge >= 0.3 is 5.63 Å². The second-order valence-corrected chi connectivity index (χ2v) is 4.36.